The summed E-state index contributed by atoms with van der Waals surface area (Å²) in [5.41, 5.74) is 6.57. The summed E-state index contributed by atoms with van der Waals surface area (Å²) in [6.45, 7) is -0.601. The molecule has 1 aromatic heterocycles. The van der Waals surface area contributed by atoms with Crippen LogP contribution >= 0.6 is 11.3 Å². The molecule has 25 heavy (non-hydrogen) atoms. The lowest BCUT2D eigenvalue weighted by Crippen LogP contribution is -2.37. The van der Waals surface area contributed by atoms with Crippen molar-refractivity contribution in [3.8, 4) is 10.6 Å². The van der Waals surface area contributed by atoms with Crippen molar-refractivity contribution in [3.05, 3.63) is 54.1 Å². The van der Waals surface area contributed by atoms with E-state index in [0.717, 1.165) is 10.2 Å². The van der Waals surface area contributed by atoms with E-state index in [-0.39, 0.29) is 5.56 Å². The van der Waals surface area contributed by atoms with Gasteiger partial charge in [0.25, 0.3) is 5.91 Å². The molecule has 0 radical (unpaired) electrons. The van der Waals surface area contributed by atoms with Crippen LogP contribution in [0.3, 0.4) is 0 Å². The van der Waals surface area contributed by atoms with Crippen LogP contribution in [-0.2, 0) is 9.53 Å². The van der Waals surface area contributed by atoms with Gasteiger partial charge in [0, 0.05) is 5.56 Å². The number of amides is 3. The first-order valence-corrected chi connectivity index (χ1v) is 8.07. The Morgan fingerprint density at radius 3 is 2.56 bits per heavy atom. The number of benzene rings is 2. The second-order valence-electron chi connectivity index (χ2n) is 5.02. The van der Waals surface area contributed by atoms with Crippen LogP contribution in [0.15, 0.2) is 48.5 Å². The summed E-state index contributed by atoms with van der Waals surface area (Å²) >= 11 is 1.46. The molecule has 0 aliphatic carbocycles. The first-order valence-electron chi connectivity index (χ1n) is 7.26. The highest BCUT2D eigenvalue weighted by molar-refractivity contribution is 7.21. The Hall–Kier alpha value is -3.26. The largest absolute Gasteiger partial charge is 0.452 e. The molecule has 0 spiro atoms. The van der Waals surface area contributed by atoms with Gasteiger partial charge in [0.05, 0.1) is 15.8 Å². The molecule has 3 rings (SSSR count). The summed E-state index contributed by atoms with van der Waals surface area (Å²) in [6.07, 6.45) is 0. The lowest BCUT2D eigenvalue weighted by atomic mass is 10.1. The van der Waals surface area contributed by atoms with Gasteiger partial charge >= 0.3 is 12.0 Å². The van der Waals surface area contributed by atoms with Gasteiger partial charge in [-0.05, 0) is 18.2 Å². The third-order valence-corrected chi connectivity index (χ3v) is 4.34. The zero-order valence-electron chi connectivity index (χ0n) is 12.9. The van der Waals surface area contributed by atoms with Gasteiger partial charge in [0.15, 0.2) is 6.61 Å². The fraction of sp³-hybridized carbons (Fsp3) is 0.0588. The Morgan fingerprint density at radius 2 is 1.80 bits per heavy atom. The second kappa shape index (κ2) is 7.10. The number of aromatic nitrogens is 1. The highest BCUT2D eigenvalue weighted by atomic mass is 32.1. The van der Waals surface area contributed by atoms with E-state index in [0.29, 0.717) is 10.6 Å². The van der Waals surface area contributed by atoms with Crippen molar-refractivity contribution in [2.24, 2.45) is 5.73 Å². The van der Waals surface area contributed by atoms with Crippen molar-refractivity contribution >= 4 is 39.5 Å². The number of thiazole rings is 1. The maximum atomic E-state index is 12.3. The number of esters is 1. The molecule has 8 heteroatoms. The van der Waals surface area contributed by atoms with E-state index in [1.54, 1.807) is 24.3 Å². The number of para-hydroxylation sites is 1. The van der Waals surface area contributed by atoms with E-state index in [4.69, 9.17) is 10.5 Å². The molecular weight excluding hydrogens is 342 g/mol. The number of carbonyl (C=O) groups is 3. The Kier molecular flexibility index (Phi) is 4.71. The first kappa shape index (κ1) is 16.6. The maximum Gasteiger partial charge on any atom is 0.339 e. The summed E-state index contributed by atoms with van der Waals surface area (Å²) in [6, 6.07) is 13.5. The van der Waals surface area contributed by atoms with E-state index < -0.39 is 24.5 Å². The van der Waals surface area contributed by atoms with E-state index >= 15 is 0 Å². The van der Waals surface area contributed by atoms with Crippen LogP contribution in [0.1, 0.15) is 10.4 Å². The van der Waals surface area contributed by atoms with Crippen LogP contribution in [0.4, 0.5) is 4.79 Å². The topological polar surface area (TPSA) is 111 Å². The van der Waals surface area contributed by atoms with Gasteiger partial charge in [-0.3, -0.25) is 10.1 Å². The summed E-state index contributed by atoms with van der Waals surface area (Å²) in [7, 11) is 0. The Bertz CT molecular complexity index is 934. The molecule has 0 unspecified atom stereocenters. The summed E-state index contributed by atoms with van der Waals surface area (Å²) < 4.78 is 5.95. The van der Waals surface area contributed by atoms with Gasteiger partial charge in [0.1, 0.15) is 5.01 Å². The molecule has 1 heterocycles. The predicted molar refractivity (Wildman–Crippen MR) is 93.1 cm³/mol. The Balaban J connectivity index is 1.84. The minimum absolute atomic E-state index is 0.286. The fourth-order valence-electron chi connectivity index (χ4n) is 2.22. The minimum Gasteiger partial charge on any atom is -0.452 e. The van der Waals surface area contributed by atoms with Gasteiger partial charge < -0.3 is 10.5 Å². The molecule has 126 valence electrons. The third-order valence-electron chi connectivity index (χ3n) is 3.27. The average Bonchev–Trinajstić information content (AvgIpc) is 3.03. The number of nitrogens with one attached hydrogen (secondary N) is 1. The molecule has 0 bridgehead atoms. The van der Waals surface area contributed by atoms with E-state index in [1.807, 2.05) is 29.6 Å². The van der Waals surface area contributed by atoms with E-state index in [9.17, 15) is 14.4 Å². The van der Waals surface area contributed by atoms with Crippen LogP contribution in [0.25, 0.3) is 20.8 Å². The lowest BCUT2D eigenvalue weighted by Gasteiger charge is -2.07. The molecule has 7 nitrogen and oxygen atoms in total. The second-order valence-corrected chi connectivity index (χ2v) is 6.05. The zero-order valence-corrected chi connectivity index (χ0v) is 13.7. The molecule has 0 aliphatic rings. The molecular formula is C17H13N3O4S. The van der Waals surface area contributed by atoms with Crippen LogP contribution < -0.4 is 11.1 Å². The molecule has 2 aromatic carbocycles. The lowest BCUT2D eigenvalue weighted by molar-refractivity contribution is -0.123. The number of imide groups is 1. The van der Waals surface area contributed by atoms with Crippen LogP contribution in [-0.4, -0.2) is 29.5 Å². The van der Waals surface area contributed by atoms with Gasteiger partial charge in [-0.2, -0.15) is 0 Å². The number of hydrogen-bond donors (Lipinski definition) is 2. The summed E-state index contributed by atoms with van der Waals surface area (Å²) in [5.74, 6) is -1.48. The number of fused-ring (bicyclic) bond motifs is 1. The van der Waals surface area contributed by atoms with E-state index in [2.05, 4.69) is 4.98 Å². The highest BCUT2D eigenvalue weighted by Gasteiger charge is 2.18. The number of nitrogens with two attached hydrogens (primary N) is 1. The van der Waals surface area contributed by atoms with Crippen LogP contribution in [0, 0.1) is 0 Å². The standard InChI is InChI=1S/C17H13N3O4S/c18-17(23)20-14(21)9-24-16(22)11-6-2-1-5-10(11)15-19-12-7-3-4-8-13(12)25-15/h1-8H,9H2,(H3,18,20,21,23). The molecule has 3 N–H and O–H groups in total. The van der Waals surface area contributed by atoms with Gasteiger partial charge in [0.2, 0.25) is 0 Å². The van der Waals surface area contributed by atoms with Gasteiger partial charge in [-0.1, -0.05) is 30.3 Å². The number of rotatable bonds is 4. The van der Waals surface area contributed by atoms with Crippen molar-refractivity contribution in [1.29, 1.82) is 0 Å². The normalized spacial score (nSPS) is 10.4. The number of carbonyl (C=O) groups excluding carboxylic acids is 3. The van der Waals surface area contributed by atoms with Gasteiger partial charge in [-0.25, -0.2) is 14.6 Å². The average molecular weight is 355 g/mol. The molecule has 0 saturated heterocycles. The first-order chi connectivity index (χ1) is 12.0. The molecule has 0 saturated carbocycles. The summed E-state index contributed by atoms with van der Waals surface area (Å²) in [5, 5.41) is 2.50. The van der Waals surface area contributed by atoms with Crippen molar-refractivity contribution in [2.75, 3.05) is 6.61 Å². The zero-order chi connectivity index (χ0) is 17.8. The maximum absolute atomic E-state index is 12.3. The number of primary amides is 1. The highest BCUT2D eigenvalue weighted by Crippen LogP contribution is 2.32. The smallest absolute Gasteiger partial charge is 0.339 e. The van der Waals surface area contributed by atoms with Crippen molar-refractivity contribution in [1.82, 2.24) is 10.3 Å². The molecule has 3 amide bonds. The Labute approximate surface area is 146 Å². The van der Waals surface area contributed by atoms with Crippen molar-refractivity contribution in [2.45, 2.75) is 0 Å². The van der Waals surface area contributed by atoms with E-state index in [1.165, 1.54) is 11.3 Å². The molecule has 3 aromatic rings. The third kappa shape index (κ3) is 3.81. The number of ether oxygens (including phenoxy) is 1. The molecule has 0 aliphatic heterocycles. The van der Waals surface area contributed by atoms with Crippen molar-refractivity contribution in [3.63, 3.8) is 0 Å². The summed E-state index contributed by atoms with van der Waals surface area (Å²) in [4.78, 5) is 38.8. The van der Waals surface area contributed by atoms with Crippen molar-refractivity contribution < 1.29 is 19.1 Å². The number of hydrogen-bond acceptors (Lipinski definition) is 6. The minimum atomic E-state index is -1.00. The quantitative estimate of drug-likeness (QED) is 0.698. The molecule has 0 atom stereocenters. The molecule has 0 fully saturated rings. The number of urea groups is 1. The number of nitrogens with zero attached hydrogens (tertiary/aromatic N) is 1. The van der Waals surface area contributed by atoms with Gasteiger partial charge in [-0.15, -0.1) is 11.3 Å². The monoisotopic (exact) mass is 355 g/mol. The predicted octanol–water partition coefficient (Wildman–Crippen LogP) is 2.32. The SMILES string of the molecule is NC(=O)NC(=O)COC(=O)c1ccccc1-c1nc2ccccc2s1. The Morgan fingerprint density at radius 1 is 1.08 bits per heavy atom. The van der Waals surface area contributed by atoms with Crippen LogP contribution in [0.5, 0.6) is 0 Å². The fourth-order valence-corrected chi connectivity index (χ4v) is 3.22. The van der Waals surface area contributed by atoms with Crippen LogP contribution in [0.2, 0.25) is 0 Å².